The number of carboxylic acids is 1. The Bertz CT molecular complexity index is 596. The molecule has 1 saturated carbocycles. The molecule has 1 atom stereocenters. The van der Waals surface area contributed by atoms with Gasteiger partial charge in [0.1, 0.15) is 11.9 Å². The van der Waals surface area contributed by atoms with E-state index in [9.17, 15) is 19.1 Å². The predicted molar refractivity (Wildman–Crippen MR) is 78.9 cm³/mol. The second-order valence-corrected chi connectivity index (χ2v) is 6.29. The van der Waals surface area contributed by atoms with Gasteiger partial charge in [-0.15, -0.1) is 0 Å². The first-order valence-electron chi connectivity index (χ1n) is 7.89. The van der Waals surface area contributed by atoms with Gasteiger partial charge in [0, 0.05) is 11.1 Å². The third-order valence-corrected chi connectivity index (χ3v) is 4.88. The number of nitrogens with zero attached hydrogens (tertiary/aromatic N) is 1. The molecule has 1 aromatic rings. The molecule has 1 fully saturated rings. The minimum absolute atomic E-state index is 0.0600. The molecule has 5 heteroatoms. The van der Waals surface area contributed by atoms with Crippen LogP contribution in [0.2, 0.25) is 0 Å². The van der Waals surface area contributed by atoms with Gasteiger partial charge in [0.2, 0.25) is 0 Å². The standard InChI is InChI=1S/C17H20FNO3/c18-14-8-4-7-12-13(14)10-19(16(12)20)15(17(21)22)9-11-5-2-1-3-6-11/h4,7-8,11,15H,1-3,5-6,9-10H2,(H,21,22). The molecule has 3 rings (SSSR count). The second kappa shape index (κ2) is 6.07. The van der Waals surface area contributed by atoms with E-state index in [2.05, 4.69) is 0 Å². The van der Waals surface area contributed by atoms with Crippen LogP contribution in [0.25, 0.3) is 0 Å². The van der Waals surface area contributed by atoms with Crippen LogP contribution in [0, 0.1) is 11.7 Å². The van der Waals surface area contributed by atoms with Crippen molar-refractivity contribution < 1.29 is 19.1 Å². The normalized spacial score (nSPS) is 20.0. The molecule has 0 aromatic heterocycles. The third kappa shape index (κ3) is 2.72. The summed E-state index contributed by atoms with van der Waals surface area (Å²) in [4.78, 5) is 25.4. The van der Waals surface area contributed by atoms with Crippen LogP contribution >= 0.6 is 0 Å². The van der Waals surface area contributed by atoms with Crippen molar-refractivity contribution in [2.24, 2.45) is 5.92 Å². The average Bonchev–Trinajstić information content (AvgIpc) is 2.84. The van der Waals surface area contributed by atoms with Crippen LogP contribution in [0.3, 0.4) is 0 Å². The number of halogens is 1. The number of hydrogen-bond donors (Lipinski definition) is 1. The summed E-state index contributed by atoms with van der Waals surface area (Å²) in [5.41, 5.74) is 0.622. The highest BCUT2D eigenvalue weighted by atomic mass is 19.1. The van der Waals surface area contributed by atoms with Crippen LogP contribution in [0.5, 0.6) is 0 Å². The fraction of sp³-hybridized carbons (Fsp3) is 0.529. The first-order chi connectivity index (χ1) is 10.6. The number of carboxylic acid groups (broad SMARTS) is 1. The van der Waals surface area contributed by atoms with Crippen molar-refractivity contribution in [1.29, 1.82) is 0 Å². The minimum Gasteiger partial charge on any atom is -0.480 e. The monoisotopic (exact) mass is 305 g/mol. The van der Waals surface area contributed by atoms with Gasteiger partial charge < -0.3 is 10.0 Å². The van der Waals surface area contributed by atoms with Gasteiger partial charge in [0.05, 0.1) is 6.54 Å². The number of fused-ring (bicyclic) bond motifs is 1. The van der Waals surface area contributed by atoms with Gasteiger partial charge in [-0.3, -0.25) is 4.79 Å². The zero-order chi connectivity index (χ0) is 15.7. The number of aliphatic carboxylic acids is 1. The van der Waals surface area contributed by atoms with Crippen LogP contribution in [0.4, 0.5) is 4.39 Å². The average molecular weight is 305 g/mol. The molecule has 0 bridgehead atoms. The molecule has 0 spiro atoms. The van der Waals surface area contributed by atoms with E-state index in [-0.39, 0.29) is 12.5 Å². The van der Waals surface area contributed by atoms with Crippen molar-refractivity contribution in [2.75, 3.05) is 0 Å². The molecule has 1 aliphatic carbocycles. The van der Waals surface area contributed by atoms with E-state index in [1.165, 1.54) is 23.5 Å². The molecule has 118 valence electrons. The fourth-order valence-electron chi connectivity index (χ4n) is 3.67. The molecule has 1 aromatic carbocycles. The van der Waals surface area contributed by atoms with Crippen LogP contribution in [-0.2, 0) is 11.3 Å². The van der Waals surface area contributed by atoms with Crippen LogP contribution in [-0.4, -0.2) is 27.9 Å². The summed E-state index contributed by atoms with van der Waals surface area (Å²) >= 11 is 0. The van der Waals surface area contributed by atoms with Crippen molar-refractivity contribution >= 4 is 11.9 Å². The summed E-state index contributed by atoms with van der Waals surface area (Å²) in [6, 6.07) is 3.52. The fourth-order valence-corrected chi connectivity index (χ4v) is 3.67. The Morgan fingerprint density at radius 3 is 2.68 bits per heavy atom. The van der Waals surface area contributed by atoms with Crippen molar-refractivity contribution in [1.82, 2.24) is 4.90 Å². The van der Waals surface area contributed by atoms with Gasteiger partial charge in [-0.1, -0.05) is 38.2 Å². The van der Waals surface area contributed by atoms with Crippen LogP contribution < -0.4 is 0 Å². The van der Waals surface area contributed by atoms with Gasteiger partial charge in [-0.25, -0.2) is 9.18 Å². The smallest absolute Gasteiger partial charge is 0.326 e. The zero-order valence-electron chi connectivity index (χ0n) is 12.4. The van der Waals surface area contributed by atoms with Gasteiger partial charge in [0.25, 0.3) is 5.91 Å². The predicted octanol–water partition coefficient (Wildman–Crippen LogP) is 3.21. The molecule has 1 amide bonds. The Morgan fingerprint density at radius 1 is 1.32 bits per heavy atom. The van der Waals surface area contributed by atoms with E-state index in [0.29, 0.717) is 23.5 Å². The number of benzene rings is 1. The van der Waals surface area contributed by atoms with Gasteiger partial charge >= 0.3 is 5.97 Å². The van der Waals surface area contributed by atoms with Gasteiger partial charge in [-0.05, 0) is 24.5 Å². The molecule has 1 aliphatic heterocycles. The van der Waals surface area contributed by atoms with Crippen molar-refractivity contribution in [2.45, 2.75) is 51.1 Å². The van der Waals surface area contributed by atoms with Crippen molar-refractivity contribution in [3.63, 3.8) is 0 Å². The summed E-state index contributed by atoms with van der Waals surface area (Å²) in [6.07, 6.45) is 5.96. The molecular weight excluding hydrogens is 285 g/mol. The Hall–Kier alpha value is -1.91. The SMILES string of the molecule is O=C(O)C(CC1CCCCC1)N1Cc2c(F)cccc2C1=O. The summed E-state index contributed by atoms with van der Waals surface area (Å²) in [7, 11) is 0. The topological polar surface area (TPSA) is 57.6 Å². The maximum Gasteiger partial charge on any atom is 0.326 e. The Kier molecular flexibility index (Phi) is 4.14. The summed E-state index contributed by atoms with van der Waals surface area (Å²) in [5.74, 6) is -1.45. The lowest BCUT2D eigenvalue weighted by atomic mass is 9.84. The maximum atomic E-state index is 13.8. The molecule has 1 heterocycles. The van der Waals surface area contributed by atoms with E-state index in [1.807, 2.05) is 0 Å². The van der Waals surface area contributed by atoms with Gasteiger partial charge in [0.15, 0.2) is 0 Å². The largest absolute Gasteiger partial charge is 0.480 e. The molecule has 2 aliphatic rings. The first kappa shape index (κ1) is 15.0. The Balaban J connectivity index is 1.80. The first-order valence-corrected chi connectivity index (χ1v) is 7.89. The number of hydrogen-bond acceptors (Lipinski definition) is 2. The quantitative estimate of drug-likeness (QED) is 0.929. The number of amides is 1. The molecule has 0 radical (unpaired) electrons. The minimum atomic E-state index is -0.993. The molecule has 1 N–H and O–H groups in total. The molecular formula is C17H20FNO3. The van der Waals surface area contributed by atoms with Crippen molar-refractivity contribution in [3.8, 4) is 0 Å². The number of carbonyl (C=O) groups excluding carboxylic acids is 1. The van der Waals surface area contributed by atoms with Gasteiger partial charge in [-0.2, -0.15) is 0 Å². The van der Waals surface area contributed by atoms with E-state index < -0.39 is 17.8 Å². The van der Waals surface area contributed by atoms with Crippen LogP contribution in [0.15, 0.2) is 18.2 Å². The Morgan fingerprint density at radius 2 is 2.05 bits per heavy atom. The van der Waals surface area contributed by atoms with E-state index in [0.717, 1.165) is 25.7 Å². The maximum absolute atomic E-state index is 13.8. The van der Waals surface area contributed by atoms with E-state index in [4.69, 9.17) is 0 Å². The highest BCUT2D eigenvalue weighted by molar-refractivity contribution is 6.00. The van der Waals surface area contributed by atoms with E-state index in [1.54, 1.807) is 6.07 Å². The summed E-state index contributed by atoms with van der Waals surface area (Å²) in [6.45, 7) is 0.0600. The third-order valence-electron chi connectivity index (χ3n) is 4.88. The Labute approximate surface area is 128 Å². The highest BCUT2D eigenvalue weighted by Crippen LogP contribution is 2.32. The van der Waals surface area contributed by atoms with Crippen molar-refractivity contribution in [3.05, 3.63) is 35.1 Å². The lowest BCUT2D eigenvalue weighted by Gasteiger charge is -2.29. The lowest BCUT2D eigenvalue weighted by Crippen LogP contribution is -2.42. The number of carbonyl (C=O) groups is 2. The second-order valence-electron chi connectivity index (χ2n) is 6.29. The van der Waals surface area contributed by atoms with E-state index >= 15 is 0 Å². The highest BCUT2D eigenvalue weighted by Gasteiger charge is 2.38. The lowest BCUT2D eigenvalue weighted by molar-refractivity contribution is -0.143. The summed E-state index contributed by atoms with van der Waals surface area (Å²) < 4.78 is 13.8. The molecule has 22 heavy (non-hydrogen) atoms. The van der Waals surface area contributed by atoms with Crippen LogP contribution in [0.1, 0.15) is 54.4 Å². The molecule has 0 saturated heterocycles. The molecule has 1 unspecified atom stereocenters. The summed E-state index contributed by atoms with van der Waals surface area (Å²) in [5, 5.41) is 9.54. The molecule has 4 nitrogen and oxygen atoms in total. The number of rotatable bonds is 4. The zero-order valence-corrected chi connectivity index (χ0v) is 12.4.